The highest BCUT2D eigenvalue weighted by atomic mass is 19.1. The molecule has 0 fully saturated rings. The summed E-state index contributed by atoms with van der Waals surface area (Å²) in [5, 5.41) is 0. The minimum atomic E-state index is -0.00648. The predicted molar refractivity (Wildman–Crippen MR) is 66.6 cm³/mol. The van der Waals surface area contributed by atoms with E-state index in [4.69, 9.17) is 0 Å². The van der Waals surface area contributed by atoms with Crippen LogP contribution < -0.4 is 0 Å². The van der Waals surface area contributed by atoms with E-state index in [-0.39, 0.29) is 5.83 Å². The second-order valence-electron chi connectivity index (χ2n) is 4.51. The van der Waals surface area contributed by atoms with Gasteiger partial charge in [-0.1, -0.05) is 58.4 Å². The van der Waals surface area contributed by atoms with Gasteiger partial charge < -0.3 is 0 Å². The molecule has 0 nitrogen and oxygen atoms in total. The van der Waals surface area contributed by atoms with E-state index in [2.05, 4.69) is 13.8 Å². The standard InChI is InChI=1S/C14H27F/c1-4-6-8-10-14(12-13(3)15)11-9-7-5-2/h12,14H,4-11H2,1-3H3. The molecule has 0 atom stereocenters. The van der Waals surface area contributed by atoms with Crippen LogP contribution in [0.4, 0.5) is 4.39 Å². The molecular formula is C14H27F. The van der Waals surface area contributed by atoms with Crippen molar-refractivity contribution in [2.24, 2.45) is 5.92 Å². The number of halogens is 1. The van der Waals surface area contributed by atoms with Crippen LogP contribution in [-0.2, 0) is 0 Å². The number of allylic oxidation sites excluding steroid dienone is 2. The molecule has 0 heterocycles. The highest BCUT2D eigenvalue weighted by Crippen LogP contribution is 2.20. The maximum Gasteiger partial charge on any atom is 0.0931 e. The number of hydrogen-bond donors (Lipinski definition) is 0. The van der Waals surface area contributed by atoms with Crippen molar-refractivity contribution in [1.29, 1.82) is 0 Å². The van der Waals surface area contributed by atoms with Gasteiger partial charge in [0.05, 0.1) is 5.83 Å². The van der Waals surface area contributed by atoms with E-state index in [1.54, 1.807) is 6.92 Å². The van der Waals surface area contributed by atoms with Gasteiger partial charge >= 0.3 is 0 Å². The zero-order valence-electron chi connectivity index (χ0n) is 10.7. The van der Waals surface area contributed by atoms with Crippen LogP contribution in [0.1, 0.15) is 72.1 Å². The van der Waals surface area contributed by atoms with Crippen molar-refractivity contribution in [3.63, 3.8) is 0 Å². The van der Waals surface area contributed by atoms with Gasteiger partial charge in [0.25, 0.3) is 0 Å². The van der Waals surface area contributed by atoms with Gasteiger partial charge in [0.2, 0.25) is 0 Å². The van der Waals surface area contributed by atoms with Gasteiger partial charge in [-0.25, -0.2) is 4.39 Å². The van der Waals surface area contributed by atoms with Crippen LogP contribution in [0.25, 0.3) is 0 Å². The van der Waals surface area contributed by atoms with Crippen molar-refractivity contribution in [2.75, 3.05) is 0 Å². The maximum atomic E-state index is 12.8. The average molecular weight is 214 g/mol. The smallest absolute Gasteiger partial charge is 0.0931 e. The van der Waals surface area contributed by atoms with Crippen LogP contribution in [0, 0.1) is 5.92 Å². The SMILES string of the molecule is CCCCCC(C=C(C)F)CCCCC. The van der Waals surface area contributed by atoms with Crippen LogP contribution in [0.15, 0.2) is 11.9 Å². The summed E-state index contributed by atoms with van der Waals surface area (Å²) in [6.07, 6.45) is 11.7. The normalized spacial score (nSPS) is 12.5. The summed E-state index contributed by atoms with van der Waals surface area (Å²) in [4.78, 5) is 0. The van der Waals surface area contributed by atoms with Gasteiger partial charge in [0, 0.05) is 0 Å². The van der Waals surface area contributed by atoms with Crippen LogP contribution in [0.2, 0.25) is 0 Å². The number of unbranched alkanes of at least 4 members (excludes halogenated alkanes) is 4. The van der Waals surface area contributed by atoms with Crippen molar-refractivity contribution in [1.82, 2.24) is 0 Å². The third-order valence-corrected chi connectivity index (χ3v) is 2.82. The molecule has 0 aromatic carbocycles. The molecule has 0 aromatic heterocycles. The van der Waals surface area contributed by atoms with Gasteiger partial charge in [-0.05, 0) is 25.7 Å². The summed E-state index contributed by atoms with van der Waals surface area (Å²) >= 11 is 0. The first kappa shape index (κ1) is 14.7. The molecule has 0 saturated heterocycles. The monoisotopic (exact) mass is 214 g/mol. The molecule has 1 heteroatoms. The van der Waals surface area contributed by atoms with Crippen LogP contribution in [-0.4, -0.2) is 0 Å². The molecule has 0 aliphatic carbocycles. The fraction of sp³-hybridized carbons (Fsp3) is 0.857. The lowest BCUT2D eigenvalue weighted by Crippen LogP contribution is -1.97. The Morgan fingerprint density at radius 2 is 1.47 bits per heavy atom. The Hall–Kier alpha value is -0.330. The van der Waals surface area contributed by atoms with Crippen LogP contribution >= 0.6 is 0 Å². The van der Waals surface area contributed by atoms with E-state index in [1.165, 1.54) is 51.4 Å². The molecule has 0 aliphatic heterocycles. The predicted octanol–water partition coefficient (Wildman–Crippen LogP) is 5.64. The zero-order chi connectivity index (χ0) is 11.5. The van der Waals surface area contributed by atoms with Crippen molar-refractivity contribution < 1.29 is 4.39 Å². The van der Waals surface area contributed by atoms with Crippen LogP contribution in [0.3, 0.4) is 0 Å². The minimum Gasteiger partial charge on any atom is -0.212 e. The molecule has 0 bridgehead atoms. The topological polar surface area (TPSA) is 0 Å². The van der Waals surface area contributed by atoms with Crippen molar-refractivity contribution in [3.05, 3.63) is 11.9 Å². The fourth-order valence-corrected chi connectivity index (χ4v) is 1.95. The summed E-state index contributed by atoms with van der Waals surface area (Å²) < 4.78 is 12.8. The molecule has 0 aliphatic rings. The maximum absolute atomic E-state index is 12.8. The van der Waals surface area contributed by atoms with Crippen LogP contribution in [0.5, 0.6) is 0 Å². The van der Waals surface area contributed by atoms with Gasteiger partial charge in [-0.2, -0.15) is 0 Å². The Bertz CT molecular complexity index is 147. The molecule has 0 spiro atoms. The first-order valence-electron chi connectivity index (χ1n) is 6.54. The summed E-state index contributed by atoms with van der Waals surface area (Å²) in [7, 11) is 0. The molecule has 0 amide bonds. The molecule has 0 rings (SSSR count). The summed E-state index contributed by atoms with van der Waals surface area (Å²) in [6, 6.07) is 0. The van der Waals surface area contributed by atoms with E-state index in [0.717, 1.165) is 0 Å². The second kappa shape index (κ2) is 10.2. The van der Waals surface area contributed by atoms with E-state index < -0.39 is 0 Å². The molecule has 0 N–H and O–H groups in total. The third kappa shape index (κ3) is 9.96. The molecule has 0 aromatic rings. The second-order valence-corrected chi connectivity index (χ2v) is 4.51. The van der Waals surface area contributed by atoms with Gasteiger partial charge in [0.1, 0.15) is 0 Å². The van der Waals surface area contributed by atoms with E-state index in [0.29, 0.717) is 5.92 Å². The fourth-order valence-electron chi connectivity index (χ4n) is 1.95. The Kier molecular flexibility index (Phi) is 9.97. The van der Waals surface area contributed by atoms with Gasteiger partial charge in [-0.3, -0.25) is 0 Å². The number of hydrogen-bond acceptors (Lipinski definition) is 0. The molecule has 0 radical (unpaired) electrons. The molecule has 0 unspecified atom stereocenters. The quantitative estimate of drug-likeness (QED) is 0.436. The summed E-state index contributed by atoms with van der Waals surface area (Å²) in [5.41, 5.74) is 0. The highest BCUT2D eigenvalue weighted by Gasteiger charge is 2.05. The molecule has 90 valence electrons. The Morgan fingerprint density at radius 3 is 1.80 bits per heavy atom. The van der Waals surface area contributed by atoms with E-state index in [9.17, 15) is 4.39 Å². The molecule has 15 heavy (non-hydrogen) atoms. The Labute approximate surface area is 95.0 Å². The first-order valence-corrected chi connectivity index (χ1v) is 6.54. The minimum absolute atomic E-state index is 0.00648. The average Bonchev–Trinajstić information content (AvgIpc) is 2.17. The van der Waals surface area contributed by atoms with Crippen molar-refractivity contribution in [2.45, 2.75) is 72.1 Å². The summed E-state index contributed by atoms with van der Waals surface area (Å²) in [5.74, 6) is 0.473. The lowest BCUT2D eigenvalue weighted by atomic mass is 9.94. The highest BCUT2D eigenvalue weighted by molar-refractivity contribution is 4.92. The van der Waals surface area contributed by atoms with Crippen molar-refractivity contribution >= 4 is 0 Å². The summed E-state index contributed by atoms with van der Waals surface area (Å²) in [6.45, 7) is 5.98. The first-order chi connectivity index (χ1) is 7.20. The van der Waals surface area contributed by atoms with E-state index >= 15 is 0 Å². The van der Waals surface area contributed by atoms with Gasteiger partial charge in [0.15, 0.2) is 0 Å². The zero-order valence-corrected chi connectivity index (χ0v) is 10.7. The largest absolute Gasteiger partial charge is 0.212 e. The van der Waals surface area contributed by atoms with Gasteiger partial charge in [-0.15, -0.1) is 0 Å². The Balaban J connectivity index is 3.79. The molecular weight excluding hydrogens is 187 g/mol. The Morgan fingerprint density at radius 1 is 1.00 bits per heavy atom. The lowest BCUT2D eigenvalue weighted by Gasteiger charge is -2.12. The third-order valence-electron chi connectivity index (χ3n) is 2.82. The van der Waals surface area contributed by atoms with E-state index in [1.807, 2.05) is 6.08 Å². The van der Waals surface area contributed by atoms with Crippen molar-refractivity contribution in [3.8, 4) is 0 Å². The molecule has 0 saturated carbocycles. The lowest BCUT2D eigenvalue weighted by molar-refractivity contribution is 0.470. The number of rotatable bonds is 9.